The Morgan fingerprint density at radius 2 is 0.911 bits per heavy atom. The summed E-state index contributed by atoms with van der Waals surface area (Å²) < 4.78 is 6.49. The Hall–Kier alpha value is -7.24. The first-order valence-corrected chi connectivity index (χ1v) is 19.0. The van der Waals surface area contributed by atoms with E-state index in [0.717, 1.165) is 66.0 Å². The Morgan fingerprint density at radius 3 is 1.66 bits per heavy atom. The van der Waals surface area contributed by atoms with Gasteiger partial charge in [-0.15, -0.1) is 0 Å². The topological polar surface area (TPSA) is 64.7 Å². The number of fused-ring (bicyclic) bond motifs is 9. The molecule has 0 amide bonds. The van der Waals surface area contributed by atoms with Gasteiger partial charge in [0.2, 0.25) is 5.89 Å². The molecule has 0 unspecified atom stereocenters. The molecule has 56 heavy (non-hydrogen) atoms. The Morgan fingerprint density at radius 1 is 0.375 bits per heavy atom. The molecule has 0 spiro atoms. The van der Waals surface area contributed by atoms with Gasteiger partial charge in [-0.3, -0.25) is 0 Å². The molecule has 0 bridgehead atoms. The van der Waals surface area contributed by atoms with E-state index in [2.05, 4.69) is 123 Å². The maximum atomic E-state index is 6.49. The first-order valence-electron chi connectivity index (χ1n) is 19.0. The Labute approximate surface area is 324 Å². The fourth-order valence-electron chi connectivity index (χ4n) is 8.47. The van der Waals surface area contributed by atoms with Crippen LogP contribution >= 0.6 is 0 Å². The molecule has 0 atom stereocenters. The van der Waals surface area contributed by atoms with Gasteiger partial charge in [0.25, 0.3) is 0 Å². The maximum Gasteiger partial charge on any atom is 0.227 e. The van der Waals surface area contributed by atoms with Gasteiger partial charge in [0.15, 0.2) is 23.1 Å². The molecular weight excluding hydrogens is 685 g/mol. The molecule has 0 saturated heterocycles. The largest absolute Gasteiger partial charge is 0.435 e. The minimum Gasteiger partial charge on any atom is -0.435 e. The summed E-state index contributed by atoms with van der Waals surface area (Å²) in [6, 6.07) is 59.1. The van der Waals surface area contributed by atoms with Gasteiger partial charge in [-0.2, -0.15) is 0 Å². The van der Waals surface area contributed by atoms with Gasteiger partial charge in [0.05, 0.1) is 0 Å². The van der Waals surface area contributed by atoms with Gasteiger partial charge in [-0.1, -0.05) is 159 Å². The van der Waals surface area contributed by atoms with Crippen LogP contribution < -0.4 is 0 Å². The summed E-state index contributed by atoms with van der Waals surface area (Å²) in [6.07, 6.45) is 0. The molecule has 11 rings (SSSR count). The van der Waals surface area contributed by atoms with Gasteiger partial charge >= 0.3 is 0 Å². The molecule has 2 aromatic heterocycles. The Kier molecular flexibility index (Phi) is 7.13. The SMILES string of the molecule is CC1(C)c2ccccc2-c2ccc(-c3nc(-c4ccccc4)nc(-c4ccc(-c5ccc6c7ccccc7c7oc(-c8ccccc8)nc7c6c5)cc4)n3)cc21. The van der Waals surface area contributed by atoms with Gasteiger partial charge in [-0.05, 0) is 68.4 Å². The Bertz CT molecular complexity index is 3150. The number of benzene rings is 8. The summed E-state index contributed by atoms with van der Waals surface area (Å²) in [7, 11) is 0. The smallest absolute Gasteiger partial charge is 0.227 e. The molecule has 2 heterocycles. The molecule has 1 aliphatic carbocycles. The second-order valence-electron chi connectivity index (χ2n) is 15.0. The quantitative estimate of drug-likeness (QED) is 0.166. The average molecular weight is 719 g/mol. The first kappa shape index (κ1) is 32.2. The minimum absolute atomic E-state index is 0.130. The maximum absolute atomic E-state index is 6.49. The summed E-state index contributed by atoms with van der Waals surface area (Å²) in [5, 5.41) is 4.40. The fraction of sp³-hybridized carbons (Fsp3) is 0.0588. The van der Waals surface area contributed by atoms with E-state index in [-0.39, 0.29) is 5.41 Å². The van der Waals surface area contributed by atoms with E-state index in [1.807, 2.05) is 60.7 Å². The third-order valence-corrected chi connectivity index (χ3v) is 11.4. The van der Waals surface area contributed by atoms with Crippen molar-refractivity contribution in [1.82, 2.24) is 19.9 Å². The van der Waals surface area contributed by atoms with Crippen molar-refractivity contribution < 1.29 is 4.42 Å². The number of rotatable bonds is 5. The Balaban J connectivity index is 1.01. The van der Waals surface area contributed by atoms with Crippen molar-refractivity contribution in [3.63, 3.8) is 0 Å². The van der Waals surface area contributed by atoms with Crippen LogP contribution in [0.4, 0.5) is 0 Å². The number of aromatic nitrogens is 4. The lowest BCUT2D eigenvalue weighted by Crippen LogP contribution is -2.15. The van der Waals surface area contributed by atoms with Crippen molar-refractivity contribution in [2.24, 2.45) is 0 Å². The predicted molar refractivity (Wildman–Crippen MR) is 227 cm³/mol. The molecule has 5 heteroatoms. The molecule has 5 nitrogen and oxygen atoms in total. The van der Waals surface area contributed by atoms with Crippen molar-refractivity contribution in [2.45, 2.75) is 19.3 Å². The molecule has 264 valence electrons. The highest BCUT2D eigenvalue weighted by molar-refractivity contribution is 6.23. The molecule has 0 radical (unpaired) electrons. The average Bonchev–Trinajstić information content (AvgIpc) is 3.82. The molecule has 0 fully saturated rings. The minimum atomic E-state index is -0.130. The zero-order chi connectivity index (χ0) is 37.4. The van der Waals surface area contributed by atoms with E-state index in [4.69, 9.17) is 24.4 Å². The van der Waals surface area contributed by atoms with E-state index in [9.17, 15) is 0 Å². The van der Waals surface area contributed by atoms with Crippen molar-refractivity contribution in [2.75, 3.05) is 0 Å². The van der Waals surface area contributed by atoms with Crippen LogP contribution in [0.1, 0.15) is 25.0 Å². The molecule has 8 aromatic carbocycles. The van der Waals surface area contributed by atoms with Crippen molar-refractivity contribution in [1.29, 1.82) is 0 Å². The van der Waals surface area contributed by atoms with E-state index < -0.39 is 0 Å². The number of hydrogen-bond donors (Lipinski definition) is 0. The fourth-order valence-corrected chi connectivity index (χ4v) is 8.47. The van der Waals surface area contributed by atoms with E-state index in [1.165, 1.54) is 22.3 Å². The second kappa shape index (κ2) is 12.4. The van der Waals surface area contributed by atoms with Crippen LogP contribution in [0.15, 0.2) is 174 Å². The third kappa shape index (κ3) is 5.09. The van der Waals surface area contributed by atoms with Gasteiger partial charge in [0, 0.05) is 38.4 Å². The highest BCUT2D eigenvalue weighted by atomic mass is 16.3. The van der Waals surface area contributed by atoms with Crippen LogP contribution in [-0.4, -0.2) is 19.9 Å². The third-order valence-electron chi connectivity index (χ3n) is 11.4. The normalized spacial score (nSPS) is 13.0. The lowest BCUT2D eigenvalue weighted by atomic mass is 9.82. The van der Waals surface area contributed by atoms with Crippen molar-refractivity contribution in [3.05, 3.63) is 181 Å². The van der Waals surface area contributed by atoms with E-state index >= 15 is 0 Å². The molecule has 0 aliphatic heterocycles. The van der Waals surface area contributed by atoms with Gasteiger partial charge in [-0.25, -0.2) is 19.9 Å². The van der Waals surface area contributed by atoms with Gasteiger partial charge in [0.1, 0.15) is 5.52 Å². The number of oxazole rings is 1. The van der Waals surface area contributed by atoms with Crippen LogP contribution in [0.2, 0.25) is 0 Å². The monoisotopic (exact) mass is 718 g/mol. The van der Waals surface area contributed by atoms with Crippen molar-refractivity contribution >= 4 is 32.6 Å². The molecule has 0 saturated carbocycles. The van der Waals surface area contributed by atoms with E-state index in [0.29, 0.717) is 23.4 Å². The zero-order valence-corrected chi connectivity index (χ0v) is 30.9. The summed E-state index contributed by atoms with van der Waals surface area (Å²) >= 11 is 0. The van der Waals surface area contributed by atoms with Crippen LogP contribution in [-0.2, 0) is 5.41 Å². The highest BCUT2D eigenvalue weighted by Gasteiger charge is 2.35. The predicted octanol–water partition coefficient (Wildman–Crippen LogP) is 13.0. The van der Waals surface area contributed by atoms with Crippen LogP contribution in [0, 0.1) is 0 Å². The lowest BCUT2D eigenvalue weighted by Gasteiger charge is -2.21. The molecular formula is C51H34N4O. The van der Waals surface area contributed by atoms with E-state index in [1.54, 1.807) is 0 Å². The van der Waals surface area contributed by atoms with Crippen LogP contribution in [0.3, 0.4) is 0 Å². The van der Waals surface area contributed by atoms with Crippen LogP contribution in [0.25, 0.3) is 101 Å². The van der Waals surface area contributed by atoms with Crippen LogP contribution in [0.5, 0.6) is 0 Å². The second-order valence-corrected chi connectivity index (χ2v) is 15.0. The number of nitrogens with zero attached hydrogens (tertiary/aromatic N) is 4. The summed E-state index contributed by atoms with van der Waals surface area (Å²) in [4.78, 5) is 20.3. The summed E-state index contributed by atoms with van der Waals surface area (Å²) in [5.41, 5.74) is 12.7. The summed E-state index contributed by atoms with van der Waals surface area (Å²) in [5.74, 6) is 2.55. The molecule has 0 N–H and O–H groups in total. The number of hydrogen-bond acceptors (Lipinski definition) is 5. The highest BCUT2D eigenvalue weighted by Crippen LogP contribution is 2.49. The lowest BCUT2D eigenvalue weighted by molar-refractivity contribution is 0.623. The summed E-state index contributed by atoms with van der Waals surface area (Å²) in [6.45, 7) is 4.59. The van der Waals surface area contributed by atoms with Crippen molar-refractivity contribution in [3.8, 4) is 67.9 Å². The van der Waals surface area contributed by atoms with Gasteiger partial charge < -0.3 is 4.42 Å². The first-order chi connectivity index (χ1) is 27.5. The molecule has 10 aromatic rings. The zero-order valence-electron chi connectivity index (χ0n) is 30.9. The molecule has 1 aliphatic rings. The standard InChI is InChI=1S/C51H34N4O/c1-51(2)43-20-12-11-18-39(43)40-28-26-36(30-44(40)51)49-54-47(32-13-5-3-6-14-32)53-48(55-49)33-23-21-31(22-24-33)35-25-27-38-37-17-9-10-19-41(37)46-45(42(38)29-35)52-50(56-46)34-15-7-4-8-16-34/h3-30H,1-2H3.